The Balaban J connectivity index is 1.86. The topological polar surface area (TPSA) is 59.8 Å². The van der Waals surface area contributed by atoms with Gasteiger partial charge in [-0.25, -0.2) is 4.98 Å². The quantitative estimate of drug-likeness (QED) is 0.788. The molecule has 1 aromatic carbocycles. The summed E-state index contributed by atoms with van der Waals surface area (Å²) < 4.78 is 2.75. The first-order chi connectivity index (χ1) is 9.52. The van der Waals surface area contributed by atoms with Gasteiger partial charge >= 0.3 is 0 Å². The molecule has 0 atom stereocenters. The van der Waals surface area contributed by atoms with E-state index in [1.54, 1.807) is 22.1 Å². The van der Waals surface area contributed by atoms with Gasteiger partial charge in [0.1, 0.15) is 0 Å². The van der Waals surface area contributed by atoms with Crippen LogP contribution in [0.1, 0.15) is 21.2 Å². The van der Waals surface area contributed by atoms with Crippen molar-refractivity contribution in [2.45, 2.75) is 13.8 Å². The van der Waals surface area contributed by atoms with E-state index in [2.05, 4.69) is 15.4 Å². The van der Waals surface area contributed by atoms with Gasteiger partial charge in [0, 0.05) is 18.4 Å². The average molecular weight is 286 g/mol. The number of nitrogens with zero attached hydrogens (tertiary/aromatic N) is 3. The first kappa shape index (κ1) is 12.8. The standard InChI is InChI=1S/C14H14N4OS/c1-8-6-12(17-18(8)3)14(19)16-10-4-5-11-13(7-10)20-9(2)15-11/h4-7H,1-3H3,(H,16,19). The predicted molar refractivity (Wildman–Crippen MR) is 80.3 cm³/mol. The summed E-state index contributed by atoms with van der Waals surface area (Å²) in [5.41, 5.74) is 3.09. The van der Waals surface area contributed by atoms with Gasteiger partial charge in [0.2, 0.25) is 0 Å². The van der Waals surface area contributed by atoms with Gasteiger partial charge in [-0.05, 0) is 38.1 Å². The van der Waals surface area contributed by atoms with Gasteiger partial charge in [0.15, 0.2) is 5.69 Å². The number of hydrogen-bond donors (Lipinski definition) is 1. The third kappa shape index (κ3) is 2.30. The van der Waals surface area contributed by atoms with E-state index in [-0.39, 0.29) is 5.91 Å². The normalized spacial score (nSPS) is 10.9. The number of rotatable bonds is 2. The summed E-state index contributed by atoms with van der Waals surface area (Å²) in [6.07, 6.45) is 0. The number of thiazole rings is 1. The van der Waals surface area contributed by atoms with E-state index in [1.807, 2.05) is 39.1 Å². The second kappa shape index (κ2) is 4.72. The molecule has 3 rings (SSSR count). The molecule has 102 valence electrons. The molecule has 0 spiro atoms. The first-order valence-corrected chi connectivity index (χ1v) is 7.04. The van der Waals surface area contributed by atoms with Crippen LogP contribution in [-0.4, -0.2) is 20.7 Å². The largest absolute Gasteiger partial charge is 0.321 e. The summed E-state index contributed by atoms with van der Waals surface area (Å²) in [6, 6.07) is 7.48. The first-order valence-electron chi connectivity index (χ1n) is 6.22. The number of fused-ring (bicyclic) bond motifs is 1. The lowest BCUT2D eigenvalue weighted by Gasteiger charge is -2.02. The van der Waals surface area contributed by atoms with Gasteiger partial charge in [0.25, 0.3) is 5.91 Å². The molecule has 3 aromatic rings. The molecule has 0 aliphatic rings. The monoisotopic (exact) mass is 286 g/mol. The molecule has 5 nitrogen and oxygen atoms in total. The van der Waals surface area contributed by atoms with Crippen LogP contribution in [0.4, 0.5) is 5.69 Å². The van der Waals surface area contributed by atoms with Crippen LogP contribution in [-0.2, 0) is 7.05 Å². The summed E-state index contributed by atoms with van der Waals surface area (Å²) in [6.45, 7) is 3.88. The number of amides is 1. The highest BCUT2D eigenvalue weighted by Gasteiger charge is 2.11. The van der Waals surface area contributed by atoms with Crippen LogP contribution >= 0.6 is 11.3 Å². The van der Waals surface area contributed by atoms with Crippen LogP contribution < -0.4 is 5.32 Å². The fraction of sp³-hybridized carbons (Fsp3) is 0.214. The molecule has 2 aromatic heterocycles. The van der Waals surface area contributed by atoms with Gasteiger partial charge in [-0.2, -0.15) is 5.10 Å². The maximum atomic E-state index is 12.1. The van der Waals surface area contributed by atoms with Crippen molar-refractivity contribution >= 4 is 33.1 Å². The Hall–Kier alpha value is -2.21. The zero-order chi connectivity index (χ0) is 14.3. The van der Waals surface area contributed by atoms with Crippen LogP contribution in [0.5, 0.6) is 0 Å². The fourth-order valence-electron chi connectivity index (χ4n) is 1.98. The SMILES string of the molecule is Cc1nc2ccc(NC(=O)c3cc(C)n(C)n3)cc2s1. The predicted octanol–water partition coefficient (Wildman–Crippen LogP) is 2.90. The maximum absolute atomic E-state index is 12.1. The molecule has 0 saturated carbocycles. The van der Waals surface area contributed by atoms with E-state index in [0.717, 1.165) is 26.6 Å². The molecule has 1 N–H and O–H groups in total. The lowest BCUT2D eigenvalue weighted by molar-refractivity contribution is 0.102. The summed E-state index contributed by atoms with van der Waals surface area (Å²) in [5, 5.41) is 8.05. The average Bonchev–Trinajstić information content (AvgIpc) is 2.91. The van der Waals surface area contributed by atoms with Crippen molar-refractivity contribution in [1.29, 1.82) is 0 Å². The number of carbonyl (C=O) groups is 1. The van der Waals surface area contributed by atoms with E-state index in [1.165, 1.54) is 0 Å². The van der Waals surface area contributed by atoms with Crippen molar-refractivity contribution < 1.29 is 4.79 Å². The third-order valence-electron chi connectivity index (χ3n) is 3.10. The Morgan fingerprint density at radius 2 is 2.10 bits per heavy atom. The number of hydrogen-bond acceptors (Lipinski definition) is 4. The Kier molecular flexibility index (Phi) is 3.02. The second-order valence-electron chi connectivity index (χ2n) is 4.66. The zero-order valence-corrected chi connectivity index (χ0v) is 12.3. The Bertz CT molecular complexity index is 783. The van der Waals surface area contributed by atoms with Crippen LogP contribution in [0.25, 0.3) is 10.2 Å². The Labute approximate surface area is 120 Å². The van der Waals surface area contributed by atoms with Crippen molar-refractivity contribution in [1.82, 2.24) is 14.8 Å². The van der Waals surface area contributed by atoms with Crippen molar-refractivity contribution in [3.8, 4) is 0 Å². The third-order valence-corrected chi connectivity index (χ3v) is 4.03. The maximum Gasteiger partial charge on any atom is 0.276 e. The molecular formula is C14H14N4OS. The molecule has 0 fully saturated rings. The van der Waals surface area contributed by atoms with Crippen molar-refractivity contribution in [3.63, 3.8) is 0 Å². The van der Waals surface area contributed by atoms with Crippen LogP contribution in [0.15, 0.2) is 24.3 Å². The smallest absolute Gasteiger partial charge is 0.276 e. The van der Waals surface area contributed by atoms with Crippen LogP contribution in [0.2, 0.25) is 0 Å². The number of benzene rings is 1. The van der Waals surface area contributed by atoms with Gasteiger partial charge < -0.3 is 5.32 Å². The Morgan fingerprint density at radius 1 is 1.30 bits per heavy atom. The Morgan fingerprint density at radius 3 is 2.80 bits per heavy atom. The highest BCUT2D eigenvalue weighted by molar-refractivity contribution is 7.18. The van der Waals surface area contributed by atoms with E-state index in [9.17, 15) is 4.79 Å². The van der Waals surface area contributed by atoms with Gasteiger partial charge in [-0.3, -0.25) is 9.48 Å². The molecular weight excluding hydrogens is 272 g/mol. The molecule has 0 unspecified atom stereocenters. The molecule has 0 bridgehead atoms. The summed E-state index contributed by atoms with van der Waals surface area (Å²) in [4.78, 5) is 16.5. The molecule has 0 aliphatic heterocycles. The molecule has 6 heteroatoms. The molecule has 0 saturated heterocycles. The van der Waals surface area contributed by atoms with E-state index >= 15 is 0 Å². The minimum absolute atomic E-state index is 0.200. The minimum Gasteiger partial charge on any atom is -0.321 e. The number of nitrogens with one attached hydrogen (secondary N) is 1. The van der Waals surface area contributed by atoms with Crippen LogP contribution in [0.3, 0.4) is 0 Å². The highest BCUT2D eigenvalue weighted by Crippen LogP contribution is 2.24. The number of carbonyl (C=O) groups excluding carboxylic acids is 1. The zero-order valence-electron chi connectivity index (χ0n) is 11.5. The molecule has 0 aliphatic carbocycles. The molecule has 20 heavy (non-hydrogen) atoms. The fourth-order valence-corrected chi connectivity index (χ4v) is 2.85. The van der Waals surface area contributed by atoms with Gasteiger partial charge in [-0.1, -0.05) is 0 Å². The van der Waals surface area contributed by atoms with Crippen molar-refractivity contribution in [2.24, 2.45) is 7.05 Å². The summed E-state index contributed by atoms with van der Waals surface area (Å²) >= 11 is 1.61. The summed E-state index contributed by atoms with van der Waals surface area (Å²) in [7, 11) is 1.82. The number of anilines is 1. The van der Waals surface area contributed by atoms with Gasteiger partial charge in [0.05, 0.1) is 15.2 Å². The van der Waals surface area contributed by atoms with Crippen molar-refractivity contribution in [3.05, 3.63) is 40.7 Å². The highest BCUT2D eigenvalue weighted by atomic mass is 32.1. The molecule has 0 radical (unpaired) electrons. The van der Waals surface area contributed by atoms with E-state index < -0.39 is 0 Å². The molecule has 1 amide bonds. The van der Waals surface area contributed by atoms with Gasteiger partial charge in [-0.15, -0.1) is 11.3 Å². The second-order valence-corrected chi connectivity index (χ2v) is 5.90. The lowest BCUT2D eigenvalue weighted by Crippen LogP contribution is -2.12. The van der Waals surface area contributed by atoms with E-state index in [0.29, 0.717) is 5.69 Å². The minimum atomic E-state index is -0.200. The number of aromatic nitrogens is 3. The molecule has 2 heterocycles. The van der Waals surface area contributed by atoms with Crippen LogP contribution in [0, 0.1) is 13.8 Å². The number of aryl methyl sites for hydroxylation is 3. The van der Waals surface area contributed by atoms with Crippen molar-refractivity contribution in [2.75, 3.05) is 5.32 Å². The summed E-state index contributed by atoms with van der Waals surface area (Å²) in [5.74, 6) is -0.200. The lowest BCUT2D eigenvalue weighted by atomic mass is 10.3. The van der Waals surface area contributed by atoms with E-state index in [4.69, 9.17) is 0 Å².